The number of aromatic nitrogens is 3. The Morgan fingerprint density at radius 2 is 2.31 bits per heavy atom. The van der Waals surface area contributed by atoms with Crippen molar-refractivity contribution in [2.75, 3.05) is 5.43 Å². The van der Waals surface area contributed by atoms with Crippen LogP contribution in [0.3, 0.4) is 0 Å². The molecule has 1 amide bonds. The van der Waals surface area contributed by atoms with Gasteiger partial charge in [0, 0.05) is 6.92 Å². The van der Waals surface area contributed by atoms with Crippen molar-refractivity contribution in [2.45, 2.75) is 13.8 Å². The molecule has 0 radical (unpaired) electrons. The second-order valence-electron chi connectivity index (χ2n) is 2.42. The van der Waals surface area contributed by atoms with Crippen molar-refractivity contribution >= 4 is 18.1 Å². The number of H-pyrrole nitrogens is 1. The standard InChI is InChI=1S/C6H8N4O2S/c1-3-5(12)10(9-4(2)11)6(13)8-7-3/h1-2H3,(H,8,13)(H,9,11). The van der Waals surface area contributed by atoms with Crippen LogP contribution in [-0.4, -0.2) is 20.8 Å². The highest BCUT2D eigenvalue weighted by atomic mass is 32.1. The monoisotopic (exact) mass is 200 g/mol. The van der Waals surface area contributed by atoms with Gasteiger partial charge in [-0.3, -0.25) is 20.1 Å². The zero-order valence-electron chi connectivity index (χ0n) is 7.12. The van der Waals surface area contributed by atoms with E-state index in [-0.39, 0.29) is 16.4 Å². The van der Waals surface area contributed by atoms with Crippen molar-refractivity contribution in [2.24, 2.45) is 0 Å². The Labute approximate surface area is 78.6 Å². The Kier molecular flexibility index (Phi) is 2.57. The van der Waals surface area contributed by atoms with E-state index in [1.807, 2.05) is 0 Å². The summed E-state index contributed by atoms with van der Waals surface area (Å²) in [5, 5.41) is 6.06. The highest BCUT2D eigenvalue weighted by molar-refractivity contribution is 7.71. The third-order valence-corrected chi connectivity index (χ3v) is 1.58. The Morgan fingerprint density at radius 3 is 2.85 bits per heavy atom. The first-order chi connectivity index (χ1) is 6.02. The molecule has 0 aliphatic rings. The lowest BCUT2D eigenvalue weighted by atomic mass is 10.5. The van der Waals surface area contributed by atoms with E-state index in [1.165, 1.54) is 13.8 Å². The lowest BCUT2D eigenvalue weighted by Gasteiger charge is -2.04. The van der Waals surface area contributed by atoms with Crippen LogP contribution < -0.4 is 11.0 Å². The van der Waals surface area contributed by atoms with Gasteiger partial charge in [0.05, 0.1) is 0 Å². The molecule has 7 heteroatoms. The van der Waals surface area contributed by atoms with Crippen LogP contribution >= 0.6 is 12.2 Å². The van der Waals surface area contributed by atoms with Gasteiger partial charge in [0.1, 0.15) is 5.69 Å². The van der Waals surface area contributed by atoms with Crippen molar-refractivity contribution in [3.63, 3.8) is 0 Å². The molecule has 2 N–H and O–H groups in total. The van der Waals surface area contributed by atoms with Gasteiger partial charge < -0.3 is 0 Å². The van der Waals surface area contributed by atoms with Gasteiger partial charge in [-0.2, -0.15) is 9.77 Å². The van der Waals surface area contributed by atoms with Crippen molar-refractivity contribution in [1.82, 2.24) is 14.9 Å². The Morgan fingerprint density at radius 1 is 1.69 bits per heavy atom. The number of hydrogen-bond donors (Lipinski definition) is 2. The average Bonchev–Trinajstić information content (AvgIpc) is 2.05. The minimum atomic E-state index is -0.432. The molecule has 1 aromatic heterocycles. The van der Waals surface area contributed by atoms with Gasteiger partial charge in [-0.15, -0.1) is 0 Å². The Balaban J connectivity index is 3.35. The van der Waals surface area contributed by atoms with E-state index in [0.717, 1.165) is 4.68 Å². The Bertz CT molecular complexity index is 447. The molecule has 0 aromatic carbocycles. The van der Waals surface area contributed by atoms with Gasteiger partial charge in [-0.1, -0.05) is 0 Å². The van der Waals surface area contributed by atoms with Gasteiger partial charge >= 0.3 is 0 Å². The maximum Gasteiger partial charge on any atom is 0.294 e. The summed E-state index contributed by atoms with van der Waals surface area (Å²) in [6.07, 6.45) is 0. The van der Waals surface area contributed by atoms with E-state index in [1.54, 1.807) is 0 Å². The zero-order valence-corrected chi connectivity index (χ0v) is 7.94. The topological polar surface area (TPSA) is 79.8 Å². The molecule has 1 heterocycles. The SMILES string of the molecule is CC(=O)Nn1c(=S)[nH]nc(C)c1=O. The van der Waals surface area contributed by atoms with Crippen LogP contribution in [-0.2, 0) is 4.79 Å². The third-order valence-electron chi connectivity index (χ3n) is 1.30. The highest BCUT2D eigenvalue weighted by Gasteiger charge is 2.03. The molecule has 1 rings (SSSR count). The first kappa shape index (κ1) is 9.59. The third kappa shape index (κ3) is 2.00. The molecular weight excluding hydrogens is 192 g/mol. The van der Waals surface area contributed by atoms with E-state index < -0.39 is 5.56 Å². The molecule has 0 saturated heterocycles. The number of rotatable bonds is 1. The van der Waals surface area contributed by atoms with Crippen LogP contribution in [0, 0.1) is 11.7 Å². The summed E-state index contributed by atoms with van der Waals surface area (Å²) in [6, 6.07) is 0. The number of aromatic amines is 1. The molecule has 0 unspecified atom stereocenters. The molecule has 0 spiro atoms. The smallest absolute Gasteiger partial charge is 0.274 e. The molecule has 6 nitrogen and oxygen atoms in total. The van der Waals surface area contributed by atoms with E-state index in [0.29, 0.717) is 0 Å². The second kappa shape index (κ2) is 3.48. The summed E-state index contributed by atoms with van der Waals surface area (Å²) in [6.45, 7) is 2.81. The predicted octanol–water partition coefficient (Wildman–Crippen LogP) is -0.301. The second-order valence-corrected chi connectivity index (χ2v) is 2.81. The van der Waals surface area contributed by atoms with Crippen molar-refractivity contribution in [1.29, 1.82) is 0 Å². The molecule has 0 atom stereocenters. The maximum atomic E-state index is 11.3. The zero-order chi connectivity index (χ0) is 10.0. The largest absolute Gasteiger partial charge is 0.294 e. The summed E-state index contributed by atoms with van der Waals surface area (Å²) in [5.41, 5.74) is 2.08. The Hall–Kier alpha value is -1.50. The molecule has 0 aliphatic heterocycles. The normalized spacial score (nSPS) is 9.69. The summed E-state index contributed by atoms with van der Waals surface area (Å²) < 4.78 is 1.01. The fourth-order valence-electron chi connectivity index (χ4n) is 0.743. The van der Waals surface area contributed by atoms with Crippen molar-refractivity contribution in [3.8, 4) is 0 Å². The number of aryl methyl sites for hydroxylation is 1. The van der Waals surface area contributed by atoms with Gasteiger partial charge in [0.25, 0.3) is 5.56 Å². The molecule has 0 saturated carbocycles. The lowest BCUT2D eigenvalue weighted by molar-refractivity contribution is -0.115. The summed E-state index contributed by atoms with van der Waals surface area (Å²) in [4.78, 5) is 22.0. The van der Waals surface area contributed by atoms with E-state index in [2.05, 4.69) is 15.6 Å². The molecule has 13 heavy (non-hydrogen) atoms. The number of carbonyl (C=O) groups excluding carboxylic acids is 1. The lowest BCUT2D eigenvalue weighted by Crippen LogP contribution is -2.34. The van der Waals surface area contributed by atoms with Crippen LogP contribution in [0.4, 0.5) is 0 Å². The van der Waals surface area contributed by atoms with Crippen LogP contribution in [0.1, 0.15) is 12.6 Å². The number of nitrogens with zero attached hydrogens (tertiary/aromatic N) is 2. The minimum Gasteiger partial charge on any atom is -0.274 e. The van der Waals surface area contributed by atoms with Crippen molar-refractivity contribution < 1.29 is 4.79 Å². The molecule has 0 fully saturated rings. The van der Waals surface area contributed by atoms with Gasteiger partial charge in [0.15, 0.2) is 0 Å². The quantitative estimate of drug-likeness (QED) is 0.610. The fourth-order valence-corrected chi connectivity index (χ4v) is 0.917. The fraction of sp³-hybridized carbons (Fsp3) is 0.333. The number of nitrogens with one attached hydrogen (secondary N) is 2. The van der Waals surface area contributed by atoms with Crippen LogP contribution in [0.5, 0.6) is 0 Å². The number of amides is 1. The highest BCUT2D eigenvalue weighted by Crippen LogP contribution is 1.81. The molecule has 70 valence electrons. The average molecular weight is 200 g/mol. The number of carbonyl (C=O) groups is 1. The van der Waals surface area contributed by atoms with Gasteiger partial charge in [-0.25, -0.2) is 0 Å². The van der Waals surface area contributed by atoms with E-state index >= 15 is 0 Å². The summed E-state index contributed by atoms with van der Waals surface area (Å²) in [7, 11) is 0. The molecular formula is C6H8N4O2S. The summed E-state index contributed by atoms with van der Waals surface area (Å²) in [5.74, 6) is -0.368. The predicted molar refractivity (Wildman–Crippen MR) is 48.5 cm³/mol. The first-order valence-electron chi connectivity index (χ1n) is 3.48. The van der Waals surface area contributed by atoms with Gasteiger partial charge in [0.2, 0.25) is 10.7 Å². The summed E-state index contributed by atoms with van der Waals surface area (Å²) >= 11 is 4.75. The van der Waals surface area contributed by atoms with E-state index in [9.17, 15) is 9.59 Å². The first-order valence-corrected chi connectivity index (χ1v) is 3.89. The van der Waals surface area contributed by atoms with Crippen molar-refractivity contribution in [3.05, 3.63) is 20.8 Å². The van der Waals surface area contributed by atoms with Crippen LogP contribution in [0.15, 0.2) is 4.79 Å². The van der Waals surface area contributed by atoms with Crippen LogP contribution in [0.2, 0.25) is 0 Å². The molecule has 0 bridgehead atoms. The maximum absolute atomic E-state index is 11.3. The molecule has 0 aliphatic carbocycles. The number of hydrogen-bond acceptors (Lipinski definition) is 4. The minimum absolute atomic E-state index is 0.0609. The molecule has 1 aromatic rings. The van der Waals surface area contributed by atoms with Gasteiger partial charge in [-0.05, 0) is 19.1 Å². The van der Waals surface area contributed by atoms with E-state index in [4.69, 9.17) is 12.2 Å². The van der Waals surface area contributed by atoms with Crippen LogP contribution in [0.25, 0.3) is 0 Å².